The number of carbonyl (C=O) groups excluding carboxylic acids is 1. The number of hydrogen-bond acceptors (Lipinski definition) is 3. The maximum absolute atomic E-state index is 11.1. The van der Waals surface area contributed by atoms with Crippen molar-refractivity contribution in [2.45, 2.75) is 32.7 Å². The molecule has 124 valence electrons. The highest BCUT2D eigenvalue weighted by Gasteiger charge is 2.23. The van der Waals surface area contributed by atoms with Crippen LogP contribution >= 0.6 is 35.3 Å². The number of nitrogens with one attached hydrogen (secondary N) is 1. The van der Waals surface area contributed by atoms with Crippen LogP contribution in [-0.4, -0.2) is 36.4 Å². The fraction of sp³-hybridized carbons (Fsp3) is 0.600. The zero-order valence-electron chi connectivity index (χ0n) is 13.0. The number of halogens is 1. The van der Waals surface area contributed by atoms with Crippen LogP contribution in [0.5, 0.6) is 0 Å². The lowest BCUT2D eigenvalue weighted by Crippen LogP contribution is -2.47. The maximum atomic E-state index is 11.1. The monoisotopic (exact) mass is 436 g/mol. The Morgan fingerprint density at radius 3 is 3.05 bits per heavy atom. The van der Waals surface area contributed by atoms with E-state index in [1.807, 2.05) is 6.07 Å². The van der Waals surface area contributed by atoms with Crippen LogP contribution in [0.2, 0.25) is 0 Å². The summed E-state index contributed by atoms with van der Waals surface area (Å²) in [6.07, 6.45) is 2.63. The summed E-state index contributed by atoms with van der Waals surface area (Å²) >= 11 is 1.72. The first-order valence-corrected chi connectivity index (χ1v) is 8.41. The number of thiophene rings is 1. The van der Waals surface area contributed by atoms with E-state index in [0.29, 0.717) is 18.9 Å². The second-order valence-corrected chi connectivity index (χ2v) is 6.41. The number of guanidine groups is 1. The van der Waals surface area contributed by atoms with E-state index < -0.39 is 0 Å². The Balaban J connectivity index is 0.00000242. The van der Waals surface area contributed by atoms with E-state index in [9.17, 15) is 4.79 Å². The number of nitrogens with zero attached hydrogens (tertiary/aromatic N) is 2. The average Bonchev–Trinajstić information content (AvgIpc) is 2.96. The molecule has 0 saturated carbocycles. The van der Waals surface area contributed by atoms with Crippen LogP contribution in [0.3, 0.4) is 0 Å². The standard InChI is InChI=1S/C15H24N4OS.HI/c1-2-17-15(18-10-13-6-4-8-21-13)19-7-3-5-12(11-19)9-14(16)20;/h4,6,8,12H,2-3,5,7,9-11H2,1H3,(H2,16,20)(H,17,18);1H. The summed E-state index contributed by atoms with van der Waals surface area (Å²) < 4.78 is 0. The molecule has 1 aliphatic heterocycles. The first-order chi connectivity index (χ1) is 10.2. The van der Waals surface area contributed by atoms with Crippen LogP contribution in [0.15, 0.2) is 22.5 Å². The van der Waals surface area contributed by atoms with Crippen LogP contribution in [0.25, 0.3) is 0 Å². The van der Waals surface area contributed by atoms with Crippen LogP contribution in [-0.2, 0) is 11.3 Å². The Labute approximate surface area is 153 Å². The van der Waals surface area contributed by atoms with Gasteiger partial charge < -0.3 is 16.0 Å². The van der Waals surface area contributed by atoms with E-state index in [1.54, 1.807) is 11.3 Å². The maximum Gasteiger partial charge on any atom is 0.217 e. The minimum atomic E-state index is -0.206. The molecule has 1 unspecified atom stereocenters. The highest BCUT2D eigenvalue weighted by atomic mass is 127. The lowest BCUT2D eigenvalue weighted by atomic mass is 9.95. The van der Waals surface area contributed by atoms with Crippen molar-refractivity contribution in [2.75, 3.05) is 19.6 Å². The van der Waals surface area contributed by atoms with Crippen molar-refractivity contribution < 1.29 is 4.79 Å². The molecule has 0 bridgehead atoms. The van der Waals surface area contributed by atoms with Crippen molar-refractivity contribution in [3.8, 4) is 0 Å². The molecule has 0 radical (unpaired) electrons. The van der Waals surface area contributed by atoms with Crippen LogP contribution in [0, 0.1) is 5.92 Å². The Hall–Kier alpha value is -0.830. The number of aliphatic imine (C=N–C) groups is 1. The number of piperidine rings is 1. The zero-order valence-corrected chi connectivity index (χ0v) is 16.1. The third-order valence-corrected chi connectivity index (χ3v) is 4.47. The van der Waals surface area contributed by atoms with E-state index >= 15 is 0 Å². The van der Waals surface area contributed by atoms with Gasteiger partial charge in [0.05, 0.1) is 6.54 Å². The average molecular weight is 436 g/mol. The normalized spacial score (nSPS) is 18.7. The van der Waals surface area contributed by atoms with Gasteiger partial charge in [0.2, 0.25) is 5.91 Å². The summed E-state index contributed by atoms with van der Waals surface area (Å²) in [5.41, 5.74) is 5.32. The van der Waals surface area contributed by atoms with Gasteiger partial charge in [-0.1, -0.05) is 6.07 Å². The summed E-state index contributed by atoms with van der Waals surface area (Å²) in [5, 5.41) is 5.42. The molecule has 22 heavy (non-hydrogen) atoms. The van der Waals surface area contributed by atoms with Crippen molar-refractivity contribution in [1.82, 2.24) is 10.2 Å². The number of hydrogen-bond donors (Lipinski definition) is 2. The predicted octanol–water partition coefficient (Wildman–Crippen LogP) is 2.42. The minimum Gasteiger partial charge on any atom is -0.370 e. The van der Waals surface area contributed by atoms with E-state index in [0.717, 1.165) is 38.4 Å². The van der Waals surface area contributed by atoms with Gasteiger partial charge in [0.15, 0.2) is 5.96 Å². The van der Waals surface area contributed by atoms with Crippen LogP contribution < -0.4 is 11.1 Å². The smallest absolute Gasteiger partial charge is 0.217 e. The molecule has 1 atom stereocenters. The van der Waals surface area contributed by atoms with Crippen molar-refractivity contribution in [2.24, 2.45) is 16.6 Å². The van der Waals surface area contributed by atoms with Gasteiger partial charge in [-0.2, -0.15) is 0 Å². The Kier molecular flexibility index (Phi) is 8.77. The lowest BCUT2D eigenvalue weighted by Gasteiger charge is -2.34. The Morgan fingerprint density at radius 2 is 2.41 bits per heavy atom. The van der Waals surface area contributed by atoms with Gasteiger partial charge in [-0.15, -0.1) is 35.3 Å². The zero-order chi connectivity index (χ0) is 15.1. The number of nitrogens with two attached hydrogens (primary N) is 1. The fourth-order valence-corrected chi connectivity index (χ4v) is 3.32. The van der Waals surface area contributed by atoms with Gasteiger partial charge in [0.1, 0.15) is 0 Å². The molecule has 1 saturated heterocycles. The summed E-state index contributed by atoms with van der Waals surface area (Å²) in [5.74, 6) is 1.09. The first-order valence-electron chi connectivity index (χ1n) is 7.53. The number of rotatable bonds is 5. The largest absolute Gasteiger partial charge is 0.370 e. The summed E-state index contributed by atoms with van der Waals surface area (Å²) in [4.78, 5) is 19.3. The highest BCUT2D eigenvalue weighted by Crippen LogP contribution is 2.19. The molecule has 0 spiro atoms. The van der Waals surface area contributed by atoms with Gasteiger partial charge in [-0.05, 0) is 37.1 Å². The van der Waals surface area contributed by atoms with Gasteiger partial charge >= 0.3 is 0 Å². The predicted molar refractivity (Wildman–Crippen MR) is 103 cm³/mol. The van der Waals surface area contributed by atoms with E-state index in [2.05, 4.69) is 28.6 Å². The second kappa shape index (κ2) is 10.0. The van der Waals surface area contributed by atoms with Crippen molar-refractivity contribution in [3.63, 3.8) is 0 Å². The van der Waals surface area contributed by atoms with Crippen molar-refractivity contribution >= 4 is 47.2 Å². The Bertz CT molecular complexity index is 478. The molecule has 1 aromatic heterocycles. The highest BCUT2D eigenvalue weighted by molar-refractivity contribution is 14.0. The topological polar surface area (TPSA) is 70.7 Å². The van der Waals surface area contributed by atoms with Crippen molar-refractivity contribution in [3.05, 3.63) is 22.4 Å². The number of primary amides is 1. The van der Waals surface area contributed by atoms with Gasteiger partial charge in [0, 0.05) is 30.9 Å². The van der Waals surface area contributed by atoms with Crippen LogP contribution in [0.4, 0.5) is 0 Å². The lowest BCUT2D eigenvalue weighted by molar-refractivity contribution is -0.119. The Morgan fingerprint density at radius 1 is 1.59 bits per heavy atom. The minimum absolute atomic E-state index is 0. The third-order valence-electron chi connectivity index (χ3n) is 3.61. The first kappa shape index (κ1) is 19.2. The SMILES string of the molecule is CCNC(=NCc1cccs1)N1CCCC(CC(N)=O)C1.I. The van der Waals surface area contributed by atoms with E-state index in [-0.39, 0.29) is 29.9 Å². The summed E-state index contributed by atoms with van der Waals surface area (Å²) in [7, 11) is 0. The molecule has 7 heteroatoms. The second-order valence-electron chi connectivity index (χ2n) is 5.37. The molecule has 0 aromatic carbocycles. The molecule has 1 aromatic rings. The molecule has 5 nitrogen and oxygen atoms in total. The van der Waals surface area contributed by atoms with Crippen LogP contribution in [0.1, 0.15) is 31.1 Å². The fourth-order valence-electron chi connectivity index (χ4n) is 2.69. The van der Waals surface area contributed by atoms with Gasteiger partial charge in [-0.3, -0.25) is 4.79 Å². The van der Waals surface area contributed by atoms with E-state index in [1.165, 1.54) is 4.88 Å². The molecule has 2 rings (SSSR count). The number of carbonyl (C=O) groups is 1. The third kappa shape index (κ3) is 6.12. The molecular weight excluding hydrogens is 411 g/mol. The number of amides is 1. The number of likely N-dealkylation sites (tertiary alicyclic amines) is 1. The van der Waals surface area contributed by atoms with Gasteiger partial charge in [0.25, 0.3) is 0 Å². The molecular formula is C15H25IN4OS. The molecule has 1 aliphatic rings. The molecule has 1 amide bonds. The van der Waals surface area contributed by atoms with Crippen molar-refractivity contribution in [1.29, 1.82) is 0 Å². The van der Waals surface area contributed by atoms with Gasteiger partial charge in [-0.25, -0.2) is 4.99 Å². The molecule has 1 fully saturated rings. The summed E-state index contributed by atoms with van der Waals surface area (Å²) in [6, 6.07) is 4.15. The molecule has 2 heterocycles. The molecule has 3 N–H and O–H groups in total. The molecule has 0 aliphatic carbocycles. The quantitative estimate of drug-likeness (QED) is 0.423. The summed E-state index contributed by atoms with van der Waals surface area (Å²) in [6.45, 7) is 5.48. The van der Waals surface area contributed by atoms with E-state index in [4.69, 9.17) is 10.7 Å².